The molecule has 0 aliphatic carbocycles. The number of ether oxygens (including phenoxy) is 3. The van der Waals surface area contributed by atoms with Gasteiger partial charge in [0.1, 0.15) is 12.4 Å². The minimum absolute atomic E-state index is 0.00392. The summed E-state index contributed by atoms with van der Waals surface area (Å²) in [5, 5.41) is 2.71. The van der Waals surface area contributed by atoms with E-state index in [0.717, 1.165) is 0 Å². The van der Waals surface area contributed by atoms with Crippen molar-refractivity contribution < 1.29 is 23.8 Å². The van der Waals surface area contributed by atoms with Gasteiger partial charge in [0.2, 0.25) is 5.91 Å². The molecule has 1 aliphatic heterocycles. The molecule has 7 heteroatoms. The fraction of sp³-hybridized carbons (Fsp3) is 0.500. The lowest BCUT2D eigenvalue weighted by Crippen LogP contribution is -2.42. The molecule has 1 aromatic carbocycles. The second-order valence-corrected chi connectivity index (χ2v) is 4.99. The van der Waals surface area contributed by atoms with E-state index < -0.39 is 0 Å². The average Bonchev–Trinajstić information content (AvgIpc) is 2.60. The van der Waals surface area contributed by atoms with Gasteiger partial charge in [0.05, 0.1) is 13.2 Å². The first-order valence-electron chi connectivity index (χ1n) is 7.65. The largest absolute Gasteiger partial charge is 0.484 e. The molecule has 7 nitrogen and oxygen atoms in total. The Labute approximate surface area is 135 Å². The van der Waals surface area contributed by atoms with Crippen LogP contribution in [0, 0.1) is 0 Å². The van der Waals surface area contributed by atoms with Crippen LogP contribution in [-0.4, -0.2) is 62.8 Å². The number of nitrogens with zero attached hydrogens (tertiary/aromatic N) is 1. The van der Waals surface area contributed by atoms with Crippen LogP contribution in [0.4, 0.5) is 5.69 Å². The number of nitrogens with one attached hydrogen (secondary N) is 1. The van der Waals surface area contributed by atoms with Crippen molar-refractivity contribution in [1.82, 2.24) is 4.90 Å². The smallest absolute Gasteiger partial charge is 0.260 e. The maximum absolute atomic E-state index is 12.0. The summed E-state index contributed by atoms with van der Waals surface area (Å²) in [4.78, 5) is 25.2. The van der Waals surface area contributed by atoms with Crippen LogP contribution < -0.4 is 10.1 Å². The van der Waals surface area contributed by atoms with Crippen molar-refractivity contribution in [1.29, 1.82) is 0 Å². The van der Waals surface area contributed by atoms with Crippen molar-refractivity contribution in [3.8, 4) is 5.75 Å². The Morgan fingerprint density at radius 1 is 1.17 bits per heavy atom. The van der Waals surface area contributed by atoms with Gasteiger partial charge in [0.15, 0.2) is 6.61 Å². The number of hydrogen-bond acceptors (Lipinski definition) is 5. The van der Waals surface area contributed by atoms with E-state index in [-0.39, 0.29) is 25.0 Å². The van der Waals surface area contributed by atoms with Gasteiger partial charge in [0, 0.05) is 25.4 Å². The van der Waals surface area contributed by atoms with Crippen LogP contribution in [0.15, 0.2) is 24.3 Å². The molecule has 0 spiro atoms. The molecule has 1 aliphatic rings. The summed E-state index contributed by atoms with van der Waals surface area (Å²) >= 11 is 0. The second kappa shape index (κ2) is 9.12. The summed E-state index contributed by atoms with van der Waals surface area (Å²) in [5.41, 5.74) is 0.654. The zero-order chi connectivity index (χ0) is 16.5. The Morgan fingerprint density at radius 3 is 2.52 bits per heavy atom. The molecule has 2 amide bonds. The number of morpholine rings is 1. The molecule has 0 saturated carbocycles. The standard InChI is InChI=1S/C16H22N2O5/c1-2-21-11-15(19)17-13-3-5-14(6-4-13)23-12-16(20)18-7-9-22-10-8-18/h3-6H,2,7-12H2,1H3,(H,17,19). The summed E-state index contributed by atoms with van der Waals surface area (Å²) < 4.78 is 15.7. The zero-order valence-corrected chi connectivity index (χ0v) is 13.2. The molecule has 126 valence electrons. The lowest BCUT2D eigenvalue weighted by Gasteiger charge is -2.26. The van der Waals surface area contributed by atoms with Gasteiger partial charge in [-0.25, -0.2) is 0 Å². The Hall–Kier alpha value is -2.12. The van der Waals surface area contributed by atoms with E-state index in [1.54, 1.807) is 29.2 Å². The molecule has 0 aromatic heterocycles. The predicted molar refractivity (Wildman–Crippen MR) is 84.5 cm³/mol. The summed E-state index contributed by atoms with van der Waals surface area (Å²) in [6, 6.07) is 6.86. The van der Waals surface area contributed by atoms with E-state index in [0.29, 0.717) is 44.3 Å². The Morgan fingerprint density at radius 2 is 1.87 bits per heavy atom. The number of rotatable bonds is 7. The first-order valence-corrected chi connectivity index (χ1v) is 7.65. The number of carbonyl (C=O) groups is 2. The number of anilines is 1. The monoisotopic (exact) mass is 322 g/mol. The Kier molecular flexibility index (Phi) is 6.83. The fourth-order valence-electron chi connectivity index (χ4n) is 2.08. The molecule has 0 bridgehead atoms. The average molecular weight is 322 g/mol. The van der Waals surface area contributed by atoms with Crippen LogP contribution in [0.2, 0.25) is 0 Å². The van der Waals surface area contributed by atoms with Crippen molar-refractivity contribution in [2.75, 3.05) is 51.4 Å². The van der Waals surface area contributed by atoms with Gasteiger partial charge in [0.25, 0.3) is 5.91 Å². The van der Waals surface area contributed by atoms with Gasteiger partial charge in [-0.15, -0.1) is 0 Å². The fourth-order valence-corrected chi connectivity index (χ4v) is 2.08. The molecule has 0 unspecified atom stereocenters. The van der Waals surface area contributed by atoms with Crippen LogP contribution in [0.25, 0.3) is 0 Å². The lowest BCUT2D eigenvalue weighted by molar-refractivity contribution is -0.137. The Bertz CT molecular complexity index is 512. The third-order valence-electron chi connectivity index (χ3n) is 3.30. The van der Waals surface area contributed by atoms with E-state index >= 15 is 0 Å². The lowest BCUT2D eigenvalue weighted by atomic mass is 10.3. The highest BCUT2D eigenvalue weighted by Crippen LogP contribution is 2.15. The molecule has 1 fully saturated rings. The van der Waals surface area contributed by atoms with Crippen LogP contribution in [-0.2, 0) is 19.1 Å². The summed E-state index contributed by atoms with van der Waals surface area (Å²) in [5.74, 6) is 0.319. The van der Waals surface area contributed by atoms with E-state index in [4.69, 9.17) is 14.2 Å². The first-order chi connectivity index (χ1) is 11.2. The molecule has 1 heterocycles. The minimum Gasteiger partial charge on any atom is -0.484 e. The molecule has 2 rings (SSSR count). The molecular weight excluding hydrogens is 300 g/mol. The summed E-state index contributed by atoms with van der Waals surface area (Å²) in [6.45, 7) is 4.71. The van der Waals surface area contributed by atoms with Gasteiger partial charge >= 0.3 is 0 Å². The first kappa shape index (κ1) is 17.2. The highest BCUT2D eigenvalue weighted by molar-refractivity contribution is 5.91. The van der Waals surface area contributed by atoms with Crippen molar-refractivity contribution in [2.45, 2.75) is 6.92 Å². The van der Waals surface area contributed by atoms with Gasteiger partial charge in [-0.3, -0.25) is 9.59 Å². The molecule has 23 heavy (non-hydrogen) atoms. The predicted octanol–water partition coefficient (Wildman–Crippen LogP) is 0.899. The number of hydrogen-bond donors (Lipinski definition) is 1. The van der Waals surface area contributed by atoms with Crippen molar-refractivity contribution in [3.63, 3.8) is 0 Å². The van der Waals surface area contributed by atoms with Crippen LogP contribution in [0.5, 0.6) is 5.75 Å². The quantitative estimate of drug-likeness (QED) is 0.807. The molecule has 1 saturated heterocycles. The zero-order valence-electron chi connectivity index (χ0n) is 13.2. The number of amides is 2. The molecule has 1 aromatic rings. The maximum Gasteiger partial charge on any atom is 0.260 e. The number of carbonyl (C=O) groups excluding carboxylic acids is 2. The normalized spacial score (nSPS) is 14.4. The van der Waals surface area contributed by atoms with E-state index in [2.05, 4.69) is 5.32 Å². The molecule has 0 radical (unpaired) electrons. The van der Waals surface area contributed by atoms with Gasteiger partial charge < -0.3 is 24.4 Å². The van der Waals surface area contributed by atoms with Crippen molar-refractivity contribution in [2.24, 2.45) is 0 Å². The highest BCUT2D eigenvalue weighted by Gasteiger charge is 2.17. The molecular formula is C16H22N2O5. The van der Waals surface area contributed by atoms with Crippen molar-refractivity contribution >= 4 is 17.5 Å². The molecule has 0 atom stereocenters. The Balaban J connectivity index is 1.76. The SMILES string of the molecule is CCOCC(=O)Nc1ccc(OCC(=O)N2CCOCC2)cc1. The van der Waals surface area contributed by atoms with Crippen LogP contribution in [0.3, 0.4) is 0 Å². The molecule has 1 N–H and O–H groups in total. The maximum atomic E-state index is 12.0. The minimum atomic E-state index is -0.206. The second-order valence-electron chi connectivity index (χ2n) is 4.99. The van der Waals surface area contributed by atoms with Crippen LogP contribution >= 0.6 is 0 Å². The van der Waals surface area contributed by atoms with Crippen LogP contribution in [0.1, 0.15) is 6.92 Å². The highest BCUT2D eigenvalue weighted by atomic mass is 16.5. The summed E-state index contributed by atoms with van der Waals surface area (Å²) in [6.07, 6.45) is 0. The van der Waals surface area contributed by atoms with Gasteiger partial charge in [-0.1, -0.05) is 0 Å². The number of benzene rings is 1. The summed E-state index contributed by atoms with van der Waals surface area (Å²) in [7, 11) is 0. The van der Waals surface area contributed by atoms with E-state index in [1.165, 1.54) is 0 Å². The van der Waals surface area contributed by atoms with E-state index in [1.807, 2.05) is 6.92 Å². The topological polar surface area (TPSA) is 77.1 Å². The van der Waals surface area contributed by atoms with Crippen molar-refractivity contribution in [3.05, 3.63) is 24.3 Å². The van der Waals surface area contributed by atoms with Gasteiger partial charge in [-0.05, 0) is 31.2 Å². The third kappa shape index (κ3) is 5.88. The third-order valence-corrected chi connectivity index (χ3v) is 3.30. The van der Waals surface area contributed by atoms with E-state index in [9.17, 15) is 9.59 Å². The van der Waals surface area contributed by atoms with Gasteiger partial charge in [-0.2, -0.15) is 0 Å².